The molecule has 6 aliphatic rings. The van der Waals surface area contributed by atoms with Crippen LogP contribution in [0.1, 0.15) is 111 Å². The Bertz CT molecular complexity index is 964. The zero-order chi connectivity index (χ0) is 28.3. The van der Waals surface area contributed by atoms with Crippen molar-refractivity contribution >= 4 is 11.9 Å². The number of likely N-dealkylation sites (N-methyl/N-ethyl adjacent to an activating group) is 1. The van der Waals surface area contributed by atoms with Crippen LogP contribution in [-0.4, -0.2) is 78.8 Å². The minimum atomic E-state index is -0.111. The molecule has 0 spiro atoms. The second kappa shape index (κ2) is 12.0. The van der Waals surface area contributed by atoms with E-state index in [0.717, 1.165) is 29.9 Å². The number of ether oxygens (including phenoxy) is 2. The van der Waals surface area contributed by atoms with E-state index in [0.29, 0.717) is 35.3 Å². The van der Waals surface area contributed by atoms with E-state index in [1.807, 2.05) is 0 Å². The quantitative estimate of drug-likeness (QED) is 0.351. The predicted molar refractivity (Wildman–Crippen MR) is 156 cm³/mol. The van der Waals surface area contributed by atoms with Crippen LogP contribution in [0.3, 0.4) is 0 Å². The summed E-state index contributed by atoms with van der Waals surface area (Å²) >= 11 is 0. The molecule has 7 heteroatoms. The van der Waals surface area contributed by atoms with Crippen LogP contribution in [0.4, 0.5) is 0 Å². The monoisotopic (exact) mass is 636 g/mol. The molecular weight excluding hydrogens is 580 g/mol. The number of esters is 2. The van der Waals surface area contributed by atoms with Crippen LogP contribution >= 0.6 is 0 Å². The summed E-state index contributed by atoms with van der Waals surface area (Å²) in [6, 6.07) is 0.796. The van der Waals surface area contributed by atoms with Crippen molar-refractivity contribution in [1.29, 1.82) is 0 Å². The van der Waals surface area contributed by atoms with Gasteiger partial charge in [0.2, 0.25) is 0 Å². The second-order valence-corrected chi connectivity index (χ2v) is 15.8. The molecule has 6 nitrogen and oxygen atoms in total. The number of quaternary nitrogens is 1. The lowest BCUT2D eigenvalue weighted by Crippen LogP contribution is -3.00. The van der Waals surface area contributed by atoms with E-state index in [4.69, 9.17) is 9.47 Å². The molecule has 4 aliphatic carbocycles. The van der Waals surface area contributed by atoms with Crippen molar-refractivity contribution < 1.29 is 40.5 Å². The molecule has 2 aliphatic heterocycles. The first kappa shape index (κ1) is 31.8. The largest absolute Gasteiger partial charge is 1.00 e. The first-order chi connectivity index (χ1) is 19.0. The maximum absolute atomic E-state index is 12.5. The Morgan fingerprint density at radius 3 is 2.12 bits per heavy atom. The Balaban J connectivity index is 0.00000337. The summed E-state index contributed by atoms with van der Waals surface area (Å²) < 4.78 is 13.5. The molecule has 0 N–H and O–H groups in total. The topological polar surface area (TPSA) is 55.8 Å². The third-order valence-electron chi connectivity index (χ3n) is 13.7. The van der Waals surface area contributed by atoms with Gasteiger partial charge in [0.15, 0.2) is 6.10 Å². The summed E-state index contributed by atoms with van der Waals surface area (Å²) in [6.07, 6.45) is 16.3. The molecule has 6 rings (SSSR count). The number of halogens is 1. The number of rotatable bonds is 4. The molecule has 0 bridgehead atoms. The molecule has 2 heterocycles. The summed E-state index contributed by atoms with van der Waals surface area (Å²) in [5, 5.41) is 0. The van der Waals surface area contributed by atoms with Gasteiger partial charge >= 0.3 is 11.9 Å². The summed E-state index contributed by atoms with van der Waals surface area (Å²) in [5.41, 5.74) is 0.377. The zero-order valence-electron chi connectivity index (χ0n) is 26.5. The normalized spacial score (nSPS) is 45.8. The van der Waals surface area contributed by atoms with Crippen molar-refractivity contribution in [3.8, 4) is 0 Å². The molecule has 6 fully saturated rings. The van der Waals surface area contributed by atoms with E-state index in [2.05, 4.69) is 25.8 Å². The Morgan fingerprint density at radius 1 is 0.805 bits per heavy atom. The standard InChI is InChI=1S/C34H57N2O4.BrH/c1-23(37)39-31-20-25-12-13-26-27(34(25,4)22-29(31)35-16-8-6-9-17-35)14-15-33(3)28(26)21-30(32(33)40-24(2)38)36(5)18-10-7-11-19-36;/h25-32H,6-22H2,1-5H3;1H/q+1;/p-1/t25-,26?,27?,28?,29-,30-,31-,32+,33-,34-;/m0./s1. The third kappa shape index (κ3) is 5.56. The fourth-order valence-corrected chi connectivity index (χ4v) is 11.7. The number of carbonyl (C=O) groups is 2. The Morgan fingerprint density at radius 2 is 1.46 bits per heavy atom. The Labute approximate surface area is 260 Å². The van der Waals surface area contributed by atoms with Gasteiger partial charge in [0.05, 0.1) is 20.1 Å². The molecule has 41 heavy (non-hydrogen) atoms. The number of piperidine rings is 2. The lowest BCUT2D eigenvalue weighted by atomic mass is 9.44. The first-order valence-electron chi connectivity index (χ1n) is 17.0. The molecule has 0 aromatic rings. The third-order valence-corrected chi connectivity index (χ3v) is 13.7. The number of nitrogens with zero attached hydrogens (tertiary/aromatic N) is 2. The predicted octanol–water partition coefficient (Wildman–Crippen LogP) is 2.97. The summed E-state index contributed by atoms with van der Waals surface area (Å²) in [7, 11) is 2.47. The van der Waals surface area contributed by atoms with Crippen LogP contribution in [0.2, 0.25) is 0 Å². The van der Waals surface area contributed by atoms with E-state index in [-0.39, 0.29) is 46.5 Å². The van der Waals surface area contributed by atoms with Crippen LogP contribution in [0.15, 0.2) is 0 Å². The van der Waals surface area contributed by atoms with Gasteiger partial charge in [0.1, 0.15) is 12.1 Å². The fourth-order valence-electron chi connectivity index (χ4n) is 11.7. The summed E-state index contributed by atoms with van der Waals surface area (Å²) in [5.74, 6) is 2.50. The first-order valence-corrected chi connectivity index (χ1v) is 17.0. The summed E-state index contributed by atoms with van der Waals surface area (Å²) in [4.78, 5) is 27.4. The number of hydrogen-bond acceptors (Lipinski definition) is 5. The molecule has 2 saturated heterocycles. The maximum atomic E-state index is 12.5. The maximum Gasteiger partial charge on any atom is 0.303 e. The van der Waals surface area contributed by atoms with Gasteiger partial charge in [-0.15, -0.1) is 0 Å². The summed E-state index contributed by atoms with van der Waals surface area (Å²) in [6.45, 7) is 13.1. The van der Waals surface area contributed by atoms with E-state index in [9.17, 15) is 9.59 Å². The minimum absolute atomic E-state index is 0. The number of fused-ring (bicyclic) bond motifs is 5. The molecule has 234 valence electrons. The van der Waals surface area contributed by atoms with Crippen LogP contribution in [0.5, 0.6) is 0 Å². The van der Waals surface area contributed by atoms with E-state index < -0.39 is 0 Å². The van der Waals surface area contributed by atoms with Crippen LogP contribution in [0.25, 0.3) is 0 Å². The van der Waals surface area contributed by atoms with Gasteiger partial charge in [0.25, 0.3) is 0 Å². The van der Waals surface area contributed by atoms with E-state index in [1.165, 1.54) is 90.1 Å². The highest BCUT2D eigenvalue weighted by atomic mass is 79.9. The molecule has 0 amide bonds. The van der Waals surface area contributed by atoms with Gasteiger partial charge in [-0.2, -0.15) is 0 Å². The van der Waals surface area contributed by atoms with Gasteiger partial charge in [-0.05, 0) is 113 Å². The highest BCUT2D eigenvalue weighted by Crippen LogP contribution is 2.67. The van der Waals surface area contributed by atoms with Crippen LogP contribution in [-0.2, 0) is 19.1 Å². The molecule has 10 atom stereocenters. The molecule has 4 saturated carbocycles. The van der Waals surface area contributed by atoms with E-state index in [1.54, 1.807) is 13.8 Å². The Kier molecular flexibility index (Phi) is 9.32. The van der Waals surface area contributed by atoms with Crippen molar-refractivity contribution in [3.05, 3.63) is 0 Å². The number of carbonyl (C=O) groups excluding carboxylic acids is 2. The second-order valence-electron chi connectivity index (χ2n) is 15.8. The van der Waals surface area contributed by atoms with Gasteiger partial charge in [-0.1, -0.05) is 20.3 Å². The molecule has 0 aromatic heterocycles. The molecule has 0 radical (unpaired) electrons. The van der Waals surface area contributed by atoms with Crippen LogP contribution in [0, 0.1) is 34.5 Å². The van der Waals surface area contributed by atoms with Crippen molar-refractivity contribution in [2.75, 3.05) is 33.2 Å². The van der Waals surface area contributed by atoms with Gasteiger partial charge < -0.3 is 30.9 Å². The van der Waals surface area contributed by atoms with E-state index >= 15 is 0 Å². The van der Waals surface area contributed by atoms with Crippen molar-refractivity contribution in [2.24, 2.45) is 34.5 Å². The van der Waals surface area contributed by atoms with Crippen molar-refractivity contribution in [1.82, 2.24) is 4.90 Å². The average Bonchev–Trinajstić information content (AvgIpc) is 3.21. The number of likely N-dealkylation sites (tertiary alicyclic amines) is 2. The molecule has 0 aromatic carbocycles. The lowest BCUT2D eigenvalue weighted by Gasteiger charge is -2.62. The highest BCUT2D eigenvalue weighted by molar-refractivity contribution is 5.66. The zero-order valence-corrected chi connectivity index (χ0v) is 28.1. The van der Waals surface area contributed by atoms with Gasteiger partial charge in [0, 0.05) is 31.7 Å². The Hall–Kier alpha value is -0.660. The number of hydrogen-bond donors (Lipinski definition) is 0. The van der Waals surface area contributed by atoms with Gasteiger partial charge in [-0.25, -0.2) is 0 Å². The van der Waals surface area contributed by atoms with Crippen molar-refractivity contribution in [3.63, 3.8) is 0 Å². The minimum Gasteiger partial charge on any atom is -1.00 e. The average molecular weight is 638 g/mol. The fraction of sp³-hybridized carbons (Fsp3) is 0.941. The van der Waals surface area contributed by atoms with Crippen molar-refractivity contribution in [2.45, 2.75) is 135 Å². The lowest BCUT2D eigenvalue weighted by molar-refractivity contribution is -0.940. The molecular formula is C34H57BrN2O4. The van der Waals surface area contributed by atoms with Gasteiger partial charge in [-0.3, -0.25) is 14.5 Å². The molecule has 3 unspecified atom stereocenters. The highest BCUT2D eigenvalue weighted by Gasteiger charge is 2.67. The smallest absolute Gasteiger partial charge is 0.303 e. The SMILES string of the molecule is CC(=O)O[C@H]1C[C@@H]2CCC3C4C[C@H]([N+]5(C)CCCCC5)[C@@H](OC(C)=O)[C@@]4(C)CCC3[C@@]2(C)C[C@@H]1N1CCCCC1.[Br-]. The van der Waals surface area contributed by atoms with Crippen LogP contribution < -0.4 is 17.0 Å².